The molecule has 0 spiro atoms. The highest BCUT2D eigenvalue weighted by atomic mass is 32.1. The zero-order valence-electron chi connectivity index (χ0n) is 15.9. The lowest BCUT2D eigenvalue weighted by atomic mass is 10.2. The Morgan fingerprint density at radius 3 is 2.81 bits per heavy atom. The van der Waals surface area contributed by atoms with Crippen molar-refractivity contribution in [3.63, 3.8) is 0 Å². The quantitative estimate of drug-likeness (QED) is 0.686. The number of anilines is 1. The Balaban J connectivity index is 1.98. The summed E-state index contributed by atoms with van der Waals surface area (Å²) < 4.78 is 10.6. The predicted molar refractivity (Wildman–Crippen MR) is 104 cm³/mol. The van der Waals surface area contributed by atoms with Crippen molar-refractivity contribution >= 4 is 33.3 Å². The van der Waals surface area contributed by atoms with E-state index in [-0.39, 0.29) is 5.97 Å². The van der Waals surface area contributed by atoms with Crippen molar-refractivity contribution in [3.05, 3.63) is 16.3 Å². The molecule has 27 heavy (non-hydrogen) atoms. The van der Waals surface area contributed by atoms with Gasteiger partial charge in [-0.15, -0.1) is 11.3 Å². The zero-order valence-corrected chi connectivity index (χ0v) is 16.8. The zero-order chi connectivity index (χ0) is 19.4. The van der Waals surface area contributed by atoms with E-state index in [9.17, 15) is 9.90 Å². The number of esters is 1. The predicted octanol–water partition coefficient (Wildman–Crippen LogP) is 1.80. The summed E-state index contributed by atoms with van der Waals surface area (Å²) in [5, 5.41) is 13.7. The average molecular weight is 394 g/mol. The van der Waals surface area contributed by atoms with Gasteiger partial charge in [0, 0.05) is 19.6 Å². The van der Waals surface area contributed by atoms with Gasteiger partial charge in [-0.2, -0.15) is 0 Å². The van der Waals surface area contributed by atoms with Crippen molar-refractivity contribution in [3.8, 4) is 0 Å². The molecule has 1 aliphatic rings. The standard InChI is InChI=1S/C18H26N4O4S/c1-4-26-18(24)15-12(3)14-16(19-9-11(2)23)20-13(21-17(14)27-15)10-22-5-7-25-8-6-22/h11,23H,4-10H2,1-3H3,(H,19,20,21)/t11-/m0/s1. The summed E-state index contributed by atoms with van der Waals surface area (Å²) in [6.07, 6.45) is -0.513. The van der Waals surface area contributed by atoms with Gasteiger partial charge >= 0.3 is 5.97 Å². The van der Waals surface area contributed by atoms with E-state index in [2.05, 4.69) is 15.2 Å². The smallest absolute Gasteiger partial charge is 0.348 e. The number of hydrogen-bond donors (Lipinski definition) is 2. The second kappa shape index (κ2) is 8.92. The number of carbonyl (C=O) groups excluding carboxylic acids is 1. The van der Waals surface area contributed by atoms with Gasteiger partial charge in [0.15, 0.2) is 0 Å². The maximum absolute atomic E-state index is 12.3. The number of ether oxygens (including phenoxy) is 2. The van der Waals surface area contributed by atoms with Gasteiger partial charge in [-0.25, -0.2) is 14.8 Å². The summed E-state index contributed by atoms with van der Waals surface area (Å²) in [7, 11) is 0. The van der Waals surface area contributed by atoms with Crippen LogP contribution in [-0.2, 0) is 16.0 Å². The van der Waals surface area contributed by atoms with Gasteiger partial charge in [0.05, 0.1) is 37.9 Å². The minimum Gasteiger partial charge on any atom is -0.462 e. The van der Waals surface area contributed by atoms with E-state index in [1.807, 2.05) is 6.92 Å². The Morgan fingerprint density at radius 1 is 1.41 bits per heavy atom. The van der Waals surface area contributed by atoms with Gasteiger partial charge in [0.2, 0.25) is 0 Å². The Bertz CT molecular complexity index is 802. The molecule has 8 nitrogen and oxygen atoms in total. The molecule has 0 aliphatic carbocycles. The van der Waals surface area contributed by atoms with Crippen LogP contribution in [0.25, 0.3) is 10.2 Å². The molecule has 0 amide bonds. The van der Waals surface area contributed by atoms with Gasteiger partial charge in [-0.05, 0) is 26.3 Å². The van der Waals surface area contributed by atoms with Gasteiger partial charge in [0.1, 0.15) is 21.3 Å². The van der Waals surface area contributed by atoms with Crippen molar-refractivity contribution in [2.45, 2.75) is 33.4 Å². The first-order valence-corrected chi connectivity index (χ1v) is 10.0. The molecule has 0 radical (unpaired) electrons. The van der Waals surface area contributed by atoms with E-state index in [1.165, 1.54) is 11.3 Å². The number of aliphatic hydroxyl groups is 1. The molecule has 2 aromatic rings. The van der Waals surface area contributed by atoms with Crippen molar-refractivity contribution in [1.82, 2.24) is 14.9 Å². The number of morpholine rings is 1. The van der Waals surface area contributed by atoms with Crippen molar-refractivity contribution < 1.29 is 19.4 Å². The molecule has 1 aliphatic heterocycles. The van der Waals surface area contributed by atoms with Gasteiger partial charge in [-0.3, -0.25) is 4.90 Å². The first-order valence-electron chi connectivity index (χ1n) is 9.18. The molecule has 9 heteroatoms. The van der Waals surface area contributed by atoms with Crippen LogP contribution in [0.15, 0.2) is 0 Å². The Kier molecular flexibility index (Phi) is 6.59. The maximum Gasteiger partial charge on any atom is 0.348 e. The molecule has 0 unspecified atom stereocenters. The molecule has 1 fully saturated rings. The third-order valence-corrected chi connectivity index (χ3v) is 5.50. The summed E-state index contributed by atoms with van der Waals surface area (Å²) in [6, 6.07) is 0. The van der Waals surface area contributed by atoms with Crippen LogP contribution in [0.4, 0.5) is 5.82 Å². The van der Waals surface area contributed by atoms with Crippen molar-refractivity contribution in [2.24, 2.45) is 0 Å². The number of carbonyl (C=O) groups is 1. The Hall–Kier alpha value is -1.81. The van der Waals surface area contributed by atoms with E-state index in [1.54, 1.807) is 13.8 Å². The van der Waals surface area contributed by atoms with Crippen LogP contribution >= 0.6 is 11.3 Å². The fourth-order valence-corrected chi connectivity index (χ4v) is 4.07. The normalized spacial score (nSPS) is 16.4. The van der Waals surface area contributed by atoms with Crippen LogP contribution in [0.5, 0.6) is 0 Å². The molecule has 148 valence electrons. The molecule has 3 rings (SSSR count). The fourth-order valence-electron chi connectivity index (χ4n) is 2.98. The third kappa shape index (κ3) is 4.73. The van der Waals surface area contributed by atoms with Crippen LogP contribution in [0.1, 0.15) is 34.9 Å². The number of aliphatic hydroxyl groups excluding tert-OH is 1. The number of fused-ring (bicyclic) bond motifs is 1. The molecule has 1 atom stereocenters. The molecular formula is C18H26N4O4S. The summed E-state index contributed by atoms with van der Waals surface area (Å²) in [5.41, 5.74) is 0.805. The van der Waals surface area contributed by atoms with E-state index < -0.39 is 6.10 Å². The topological polar surface area (TPSA) is 96.8 Å². The summed E-state index contributed by atoms with van der Waals surface area (Å²) in [6.45, 7) is 9.80. The first kappa shape index (κ1) is 19.9. The number of nitrogens with zero attached hydrogens (tertiary/aromatic N) is 3. The average Bonchev–Trinajstić information content (AvgIpc) is 2.97. The number of aromatic nitrogens is 2. The van der Waals surface area contributed by atoms with Crippen molar-refractivity contribution in [2.75, 3.05) is 44.8 Å². The fraction of sp³-hybridized carbons (Fsp3) is 0.611. The van der Waals surface area contributed by atoms with E-state index in [0.29, 0.717) is 49.4 Å². The molecule has 2 N–H and O–H groups in total. The van der Waals surface area contributed by atoms with Gasteiger partial charge < -0.3 is 19.9 Å². The summed E-state index contributed by atoms with van der Waals surface area (Å²) in [4.78, 5) is 25.2. The van der Waals surface area contributed by atoms with E-state index >= 15 is 0 Å². The minimum atomic E-state index is -0.513. The van der Waals surface area contributed by atoms with Crippen molar-refractivity contribution in [1.29, 1.82) is 0 Å². The highest BCUT2D eigenvalue weighted by molar-refractivity contribution is 7.20. The Labute approximate surface area is 162 Å². The van der Waals surface area contributed by atoms with E-state index in [0.717, 1.165) is 28.9 Å². The molecule has 0 saturated carbocycles. The lowest BCUT2D eigenvalue weighted by Crippen LogP contribution is -2.36. The SMILES string of the molecule is CCOC(=O)c1sc2nc(CN3CCOCC3)nc(NC[C@H](C)O)c2c1C. The molecule has 3 heterocycles. The minimum absolute atomic E-state index is 0.327. The van der Waals surface area contributed by atoms with Crippen LogP contribution in [-0.4, -0.2) is 71.5 Å². The number of thiophene rings is 1. The van der Waals surface area contributed by atoms with Crippen LogP contribution in [0.2, 0.25) is 0 Å². The number of rotatable bonds is 7. The first-order chi connectivity index (χ1) is 13.0. The largest absolute Gasteiger partial charge is 0.462 e. The van der Waals surface area contributed by atoms with Crippen LogP contribution in [0, 0.1) is 6.92 Å². The Morgan fingerprint density at radius 2 is 2.15 bits per heavy atom. The highest BCUT2D eigenvalue weighted by Crippen LogP contribution is 2.34. The number of nitrogens with one attached hydrogen (secondary N) is 1. The molecular weight excluding hydrogens is 368 g/mol. The van der Waals surface area contributed by atoms with Gasteiger partial charge in [-0.1, -0.05) is 0 Å². The monoisotopic (exact) mass is 394 g/mol. The van der Waals surface area contributed by atoms with Gasteiger partial charge in [0.25, 0.3) is 0 Å². The molecule has 2 aromatic heterocycles. The highest BCUT2D eigenvalue weighted by Gasteiger charge is 2.22. The summed E-state index contributed by atoms with van der Waals surface area (Å²) >= 11 is 1.33. The lowest BCUT2D eigenvalue weighted by molar-refractivity contribution is 0.0331. The second-order valence-electron chi connectivity index (χ2n) is 6.56. The number of hydrogen-bond acceptors (Lipinski definition) is 9. The number of aryl methyl sites for hydroxylation is 1. The van der Waals surface area contributed by atoms with Crippen LogP contribution < -0.4 is 5.32 Å². The lowest BCUT2D eigenvalue weighted by Gasteiger charge is -2.25. The molecule has 1 saturated heterocycles. The third-order valence-electron chi connectivity index (χ3n) is 4.33. The van der Waals surface area contributed by atoms with Crippen LogP contribution in [0.3, 0.4) is 0 Å². The molecule has 0 bridgehead atoms. The second-order valence-corrected chi connectivity index (χ2v) is 7.56. The van der Waals surface area contributed by atoms with E-state index in [4.69, 9.17) is 14.5 Å². The summed E-state index contributed by atoms with van der Waals surface area (Å²) in [5.74, 6) is 0.997. The molecule has 0 aromatic carbocycles. The maximum atomic E-state index is 12.3.